The van der Waals surface area contributed by atoms with Crippen molar-refractivity contribution in [2.75, 3.05) is 18.0 Å². The molecule has 0 radical (unpaired) electrons. The first-order valence-electron chi connectivity index (χ1n) is 7.97. The van der Waals surface area contributed by atoms with Crippen molar-refractivity contribution in [2.24, 2.45) is 5.41 Å². The number of halogens is 1. The van der Waals surface area contributed by atoms with E-state index in [1.807, 2.05) is 13.8 Å². The van der Waals surface area contributed by atoms with Crippen LogP contribution in [0.25, 0.3) is 10.9 Å². The molecule has 0 aliphatic carbocycles. The van der Waals surface area contributed by atoms with Gasteiger partial charge in [-0.15, -0.1) is 0 Å². The molecule has 4 rings (SSSR count). The van der Waals surface area contributed by atoms with Gasteiger partial charge < -0.3 is 20.6 Å². The summed E-state index contributed by atoms with van der Waals surface area (Å²) in [5.74, 6) is -0.323. The van der Waals surface area contributed by atoms with Crippen molar-refractivity contribution in [2.45, 2.75) is 32.0 Å². The number of hydrogen-bond donors (Lipinski definition) is 4. The second kappa shape index (κ2) is 4.83. The number of piperidine rings is 1. The second-order valence-corrected chi connectivity index (χ2v) is 7.28. The Hall–Kier alpha value is -2.35. The van der Waals surface area contributed by atoms with E-state index in [2.05, 4.69) is 25.7 Å². The highest BCUT2D eigenvalue weighted by atomic mass is 19.1. The molecule has 4 N–H and O–H groups in total. The van der Waals surface area contributed by atoms with Gasteiger partial charge in [0.1, 0.15) is 5.82 Å². The van der Waals surface area contributed by atoms with Gasteiger partial charge in [0.15, 0.2) is 6.23 Å². The fourth-order valence-corrected chi connectivity index (χ4v) is 4.11. The van der Waals surface area contributed by atoms with E-state index in [0.29, 0.717) is 25.0 Å². The number of aromatic amines is 1. The maximum atomic E-state index is 13.9. The van der Waals surface area contributed by atoms with Crippen molar-refractivity contribution in [1.29, 1.82) is 0 Å². The predicted molar refractivity (Wildman–Crippen MR) is 87.1 cm³/mol. The van der Waals surface area contributed by atoms with Crippen molar-refractivity contribution >= 4 is 22.6 Å². The highest BCUT2D eigenvalue weighted by Crippen LogP contribution is 2.44. The van der Waals surface area contributed by atoms with Gasteiger partial charge in [-0.3, -0.25) is 5.10 Å². The van der Waals surface area contributed by atoms with Gasteiger partial charge in [-0.2, -0.15) is 5.10 Å². The summed E-state index contributed by atoms with van der Waals surface area (Å²) >= 11 is 0. The van der Waals surface area contributed by atoms with Crippen LogP contribution in [0.2, 0.25) is 0 Å². The van der Waals surface area contributed by atoms with Crippen molar-refractivity contribution in [3.8, 4) is 0 Å². The van der Waals surface area contributed by atoms with Gasteiger partial charge in [-0.05, 0) is 18.6 Å². The predicted octanol–water partition coefficient (Wildman–Crippen LogP) is 1.31. The summed E-state index contributed by atoms with van der Waals surface area (Å²) in [6.45, 7) is 5.16. The Morgan fingerprint density at radius 1 is 1.42 bits per heavy atom. The smallest absolute Gasteiger partial charge is 0.317 e. The number of amides is 2. The monoisotopic (exact) mass is 333 g/mol. The average molecular weight is 333 g/mol. The first kappa shape index (κ1) is 15.2. The average Bonchev–Trinajstić information content (AvgIpc) is 3.06. The lowest BCUT2D eigenvalue weighted by Gasteiger charge is -2.52. The molecule has 8 heteroatoms. The van der Waals surface area contributed by atoms with Crippen LogP contribution in [0.15, 0.2) is 18.3 Å². The van der Waals surface area contributed by atoms with Gasteiger partial charge in [0.25, 0.3) is 0 Å². The quantitative estimate of drug-likeness (QED) is 0.633. The van der Waals surface area contributed by atoms with Crippen LogP contribution in [0, 0.1) is 11.2 Å². The molecule has 2 saturated heterocycles. The van der Waals surface area contributed by atoms with E-state index < -0.39 is 17.2 Å². The van der Waals surface area contributed by atoms with Crippen molar-refractivity contribution < 1.29 is 14.3 Å². The normalized spacial score (nSPS) is 29.1. The molecule has 0 bridgehead atoms. The van der Waals surface area contributed by atoms with Crippen LogP contribution in [-0.2, 0) is 0 Å². The summed E-state index contributed by atoms with van der Waals surface area (Å²) < 4.78 is 13.9. The maximum absolute atomic E-state index is 13.9. The molecule has 1 aromatic heterocycles. The van der Waals surface area contributed by atoms with E-state index in [1.54, 1.807) is 6.20 Å². The minimum Gasteiger partial charge on any atom is -0.371 e. The van der Waals surface area contributed by atoms with Crippen LogP contribution in [-0.4, -0.2) is 46.2 Å². The number of benzene rings is 1. The molecule has 2 aromatic rings. The van der Waals surface area contributed by atoms with E-state index in [1.165, 1.54) is 12.1 Å². The molecule has 2 aliphatic heterocycles. The number of fused-ring (bicyclic) bond motifs is 1. The highest BCUT2D eigenvalue weighted by molar-refractivity contribution is 5.91. The Labute approximate surface area is 138 Å². The first-order chi connectivity index (χ1) is 11.3. The molecule has 1 aromatic carbocycles. The third-order valence-electron chi connectivity index (χ3n) is 5.48. The van der Waals surface area contributed by atoms with E-state index >= 15 is 0 Å². The summed E-state index contributed by atoms with van der Waals surface area (Å²) in [4.78, 5) is 13.8. The zero-order chi connectivity index (χ0) is 17.1. The number of rotatable bonds is 1. The molecule has 2 amide bonds. The first-order valence-corrected chi connectivity index (χ1v) is 7.97. The molecule has 0 saturated carbocycles. The third kappa shape index (κ3) is 1.99. The van der Waals surface area contributed by atoms with Crippen LogP contribution >= 0.6 is 0 Å². The molecule has 3 heterocycles. The van der Waals surface area contributed by atoms with E-state index in [0.717, 1.165) is 11.1 Å². The van der Waals surface area contributed by atoms with E-state index in [-0.39, 0.29) is 11.8 Å². The molecular formula is C16H20FN5O2. The summed E-state index contributed by atoms with van der Waals surface area (Å²) in [6.07, 6.45) is 1.30. The Morgan fingerprint density at radius 2 is 2.21 bits per heavy atom. The molecule has 1 spiro atoms. The Kier molecular flexibility index (Phi) is 3.05. The summed E-state index contributed by atoms with van der Waals surface area (Å²) in [7, 11) is 0. The Balaban J connectivity index is 1.71. The fourth-order valence-electron chi connectivity index (χ4n) is 4.11. The number of aliphatic hydroxyl groups is 1. The molecule has 2 fully saturated rings. The Morgan fingerprint density at radius 3 is 2.88 bits per heavy atom. The number of carbonyl (C=O) groups excluding carboxylic acids is 1. The van der Waals surface area contributed by atoms with Crippen LogP contribution in [0.4, 0.5) is 14.9 Å². The molecule has 2 unspecified atom stereocenters. The maximum Gasteiger partial charge on any atom is 0.317 e. The minimum atomic E-state index is -0.941. The largest absolute Gasteiger partial charge is 0.371 e. The van der Waals surface area contributed by atoms with Gasteiger partial charge in [0.2, 0.25) is 0 Å². The number of nitrogens with zero attached hydrogens (tertiary/aromatic N) is 2. The summed E-state index contributed by atoms with van der Waals surface area (Å²) in [6, 6.07) is 2.58. The highest BCUT2D eigenvalue weighted by Gasteiger charge is 2.58. The lowest BCUT2D eigenvalue weighted by molar-refractivity contribution is -0.00956. The van der Waals surface area contributed by atoms with Crippen molar-refractivity contribution in [3.63, 3.8) is 0 Å². The number of nitrogens with one attached hydrogen (secondary N) is 3. The second-order valence-electron chi connectivity index (χ2n) is 7.28. The van der Waals surface area contributed by atoms with E-state index in [9.17, 15) is 14.3 Å². The van der Waals surface area contributed by atoms with Gasteiger partial charge in [0, 0.05) is 23.9 Å². The number of anilines is 1. The van der Waals surface area contributed by atoms with Crippen LogP contribution in [0.3, 0.4) is 0 Å². The SMILES string of the molecule is CC1(C)CN(c2cc(F)cc3[nH]ncc23)CCC12NC(=O)NC2O. The van der Waals surface area contributed by atoms with Gasteiger partial charge in [-0.25, -0.2) is 9.18 Å². The molecule has 7 nitrogen and oxygen atoms in total. The number of hydrogen-bond acceptors (Lipinski definition) is 4. The molecule has 2 aliphatic rings. The van der Waals surface area contributed by atoms with Crippen molar-refractivity contribution in [1.82, 2.24) is 20.8 Å². The number of carbonyl (C=O) groups is 1. The zero-order valence-corrected chi connectivity index (χ0v) is 13.6. The standard InChI is InChI=1S/C16H20FN5O2/c1-15(2)8-22(4-3-16(15)13(23)19-14(24)20-16)12-6-9(17)5-11-10(12)7-18-21-11/h5-7,13,23H,3-4,8H2,1-2H3,(H,18,21)(H2,19,20,24). The number of H-pyrrole nitrogens is 1. The third-order valence-corrected chi connectivity index (χ3v) is 5.48. The number of aliphatic hydroxyl groups excluding tert-OH is 1. The Bertz CT molecular complexity index is 820. The van der Waals surface area contributed by atoms with Gasteiger partial charge in [-0.1, -0.05) is 13.8 Å². The number of aromatic nitrogens is 2. The van der Waals surface area contributed by atoms with E-state index in [4.69, 9.17) is 0 Å². The fraction of sp³-hybridized carbons (Fsp3) is 0.500. The van der Waals surface area contributed by atoms with Crippen LogP contribution in [0.1, 0.15) is 20.3 Å². The molecular weight excluding hydrogens is 313 g/mol. The summed E-state index contributed by atoms with van der Waals surface area (Å²) in [5.41, 5.74) is 0.266. The van der Waals surface area contributed by atoms with Crippen molar-refractivity contribution in [3.05, 3.63) is 24.1 Å². The van der Waals surface area contributed by atoms with Crippen LogP contribution in [0.5, 0.6) is 0 Å². The lowest BCUT2D eigenvalue weighted by Crippen LogP contribution is -2.67. The topological polar surface area (TPSA) is 93.3 Å². The van der Waals surface area contributed by atoms with Gasteiger partial charge in [0.05, 0.1) is 22.9 Å². The number of urea groups is 1. The lowest BCUT2D eigenvalue weighted by atomic mass is 9.66. The van der Waals surface area contributed by atoms with Gasteiger partial charge >= 0.3 is 6.03 Å². The molecule has 128 valence electrons. The minimum absolute atomic E-state index is 0.323. The zero-order valence-electron chi connectivity index (χ0n) is 13.6. The van der Waals surface area contributed by atoms with Crippen LogP contribution < -0.4 is 15.5 Å². The molecule has 24 heavy (non-hydrogen) atoms. The molecule has 2 atom stereocenters. The summed E-state index contributed by atoms with van der Waals surface area (Å²) in [5, 5.41) is 23.5.